The predicted molar refractivity (Wildman–Crippen MR) is 76.8 cm³/mol. The Labute approximate surface area is 123 Å². The summed E-state index contributed by atoms with van der Waals surface area (Å²) in [6.45, 7) is 2.14. The van der Waals surface area contributed by atoms with E-state index < -0.39 is 11.5 Å². The molecule has 1 aliphatic heterocycles. The molecule has 1 amide bonds. The first-order chi connectivity index (χ1) is 9.45. The minimum absolute atomic E-state index is 0.118. The maximum absolute atomic E-state index is 12.3. The minimum Gasteiger partial charge on any atom is -0.480 e. The third-order valence-corrected chi connectivity index (χ3v) is 4.34. The molecule has 108 valence electrons. The summed E-state index contributed by atoms with van der Waals surface area (Å²) in [5.41, 5.74) is -0.142. The van der Waals surface area contributed by atoms with Gasteiger partial charge in [-0.25, -0.2) is 4.79 Å². The summed E-state index contributed by atoms with van der Waals surface area (Å²) in [5, 5.41) is 9.95. The Balaban J connectivity index is 2.02. The molecule has 1 aliphatic rings. The lowest BCUT2D eigenvalue weighted by molar-refractivity contribution is -0.155. The van der Waals surface area contributed by atoms with E-state index in [4.69, 9.17) is 11.6 Å². The normalized spacial score (nSPS) is 22.0. The molecule has 4 nitrogen and oxygen atoms in total. The number of carboxylic acid groups (broad SMARTS) is 1. The van der Waals surface area contributed by atoms with Crippen molar-refractivity contribution in [3.8, 4) is 0 Å². The minimum atomic E-state index is -1.06. The second kappa shape index (κ2) is 5.83. The van der Waals surface area contributed by atoms with Crippen LogP contribution in [0, 0.1) is 0 Å². The van der Waals surface area contributed by atoms with Crippen LogP contribution in [0.4, 0.5) is 0 Å². The summed E-state index contributed by atoms with van der Waals surface area (Å²) >= 11 is 6.05. The average Bonchev–Trinajstić information content (AvgIpc) is 2.81. The zero-order chi connectivity index (χ0) is 14.8. The van der Waals surface area contributed by atoms with E-state index in [2.05, 4.69) is 0 Å². The summed E-state index contributed by atoms with van der Waals surface area (Å²) in [5.74, 6) is -1.05. The molecule has 5 heteroatoms. The highest BCUT2D eigenvalue weighted by Crippen LogP contribution is 2.30. The zero-order valence-electron chi connectivity index (χ0n) is 11.4. The standard InChI is InChI=1S/C15H18ClNO3/c1-15(14(19)20)9-4-10-17(15)13(18)8-7-11-5-2-3-6-12(11)16/h2-3,5-6H,4,7-10H2,1H3,(H,19,20). The molecule has 2 rings (SSSR count). The van der Waals surface area contributed by atoms with Crippen molar-refractivity contribution in [2.24, 2.45) is 0 Å². The van der Waals surface area contributed by atoms with Gasteiger partial charge >= 0.3 is 5.97 Å². The fraction of sp³-hybridized carbons (Fsp3) is 0.467. The lowest BCUT2D eigenvalue weighted by Gasteiger charge is -2.31. The Morgan fingerprint density at radius 1 is 1.40 bits per heavy atom. The molecule has 0 bridgehead atoms. The molecule has 0 aromatic heterocycles. The van der Waals surface area contributed by atoms with Crippen LogP contribution >= 0.6 is 11.6 Å². The third-order valence-electron chi connectivity index (χ3n) is 3.97. The maximum Gasteiger partial charge on any atom is 0.329 e. The number of aliphatic carboxylic acids is 1. The molecule has 1 unspecified atom stereocenters. The first-order valence-corrected chi connectivity index (χ1v) is 7.10. The fourth-order valence-electron chi connectivity index (χ4n) is 2.66. The molecule has 0 aliphatic carbocycles. The van der Waals surface area contributed by atoms with E-state index in [0.717, 1.165) is 12.0 Å². The SMILES string of the molecule is CC1(C(=O)O)CCCN1C(=O)CCc1ccccc1Cl. The molecule has 1 aromatic rings. The van der Waals surface area contributed by atoms with Crippen LogP contribution in [0.3, 0.4) is 0 Å². The molecule has 1 saturated heterocycles. The largest absolute Gasteiger partial charge is 0.480 e. The van der Waals surface area contributed by atoms with Crippen molar-refractivity contribution in [1.29, 1.82) is 0 Å². The van der Waals surface area contributed by atoms with Crippen molar-refractivity contribution < 1.29 is 14.7 Å². The molecule has 1 N–H and O–H groups in total. The van der Waals surface area contributed by atoms with Crippen molar-refractivity contribution in [2.45, 2.75) is 38.1 Å². The second-order valence-electron chi connectivity index (χ2n) is 5.32. The number of hydrogen-bond donors (Lipinski definition) is 1. The summed E-state index contributed by atoms with van der Waals surface area (Å²) in [6, 6.07) is 7.40. The van der Waals surface area contributed by atoms with E-state index >= 15 is 0 Å². The van der Waals surface area contributed by atoms with Gasteiger partial charge in [0.1, 0.15) is 5.54 Å². The summed E-state index contributed by atoms with van der Waals surface area (Å²) in [4.78, 5) is 25.1. The van der Waals surface area contributed by atoms with Crippen molar-refractivity contribution in [3.63, 3.8) is 0 Å². The van der Waals surface area contributed by atoms with Gasteiger partial charge in [0.05, 0.1) is 0 Å². The van der Waals surface area contributed by atoms with Gasteiger partial charge in [-0.05, 0) is 37.8 Å². The number of carboxylic acids is 1. The number of aryl methyl sites for hydroxylation is 1. The van der Waals surface area contributed by atoms with E-state index in [0.29, 0.717) is 24.4 Å². The van der Waals surface area contributed by atoms with Crippen LogP contribution < -0.4 is 0 Å². The Morgan fingerprint density at radius 2 is 2.10 bits per heavy atom. The van der Waals surface area contributed by atoms with Crippen LogP contribution in [-0.2, 0) is 16.0 Å². The predicted octanol–water partition coefficient (Wildman–Crippen LogP) is 2.74. The number of halogens is 1. The molecule has 0 saturated carbocycles. The lowest BCUT2D eigenvalue weighted by Crippen LogP contribution is -2.50. The number of benzene rings is 1. The quantitative estimate of drug-likeness (QED) is 0.929. The Kier molecular flexibility index (Phi) is 4.33. The molecule has 20 heavy (non-hydrogen) atoms. The summed E-state index contributed by atoms with van der Waals surface area (Å²) < 4.78 is 0. The van der Waals surface area contributed by atoms with Crippen LogP contribution in [0.5, 0.6) is 0 Å². The van der Waals surface area contributed by atoms with Gasteiger partial charge in [-0.2, -0.15) is 0 Å². The van der Waals surface area contributed by atoms with Crippen molar-refractivity contribution in [1.82, 2.24) is 4.90 Å². The summed E-state index contributed by atoms with van der Waals surface area (Å²) in [7, 11) is 0. The molecule has 0 spiro atoms. The Morgan fingerprint density at radius 3 is 2.75 bits per heavy atom. The van der Waals surface area contributed by atoms with Crippen LogP contribution in [-0.4, -0.2) is 34.0 Å². The summed E-state index contributed by atoms with van der Waals surface area (Å²) in [6.07, 6.45) is 2.07. The fourth-order valence-corrected chi connectivity index (χ4v) is 2.89. The Hall–Kier alpha value is -1.55. The van der Waals surface area contributed by atoms with E-state index in [1.165, 1.54) is 4.90 Å². The first-order valence-electron chi connectivity index (χ1n) is 6.72. The molecule has 1 aromatic carbocycles. The molecule has 1 heterocycles. The molecule has 1 fully saturated rings. The monoisotopic (exact) mass is 295 g/mol. The topological polar surface area (TPSA) is 57.6 Å². The van der Waals surface area contributed by atoms with Gasteiger partial charge in [0.15, 0.2) is 0 Å². The zero-order valence-corrected chi connectivity index (χ0v) is 12.2. The number of amides is 1. The number of rotatable bonds is 4. The second-order valence-corrected chi connectivity index (χ2v) is 5.73. The lowest BCUT2D eigenvalue weighted by atomic mass is 9.98. The van der Waals surface area contributed by atoms with E-state index in [9.17, 15) is 14.7 Å². The highest BCUT2D eigenvalue weighted by molar-refractivity contribution is 6.31. The highest BCUT2D eigenvalue weighted by atomic mass is 35.5. The first kappa shape index (κ1) is 14.9. The number of carbonyl (C=O) groups is 2. The van der Waals surface area contributed by atoms with Gasteiger partial charge < -0.3 is 10.0 Å². The van der Waals surface area contributed by atoms with Crippen molar-refractivity contribution in [3.05, 3.63) is 34.9 Å². The van der Waals surface area contributed by atoms with E-state index in [1.807, 2.05) is 18.2 Å². The van der Waals surface area contributed by atoms with Gasteiger partial charge in [0, 0.05) is 18.0 Å². The van der Waals surface area contributed by atoms with Gasteiger partial charge in [-0.3, -0.25) is 4.79 Å². The third kappa shape index (κ3) is 2.80. The van der Waals surface area contributed by atoms with Crippen LogP contribution in [0.2, 0.25) is 5.02 Å². The molecule has 1 atom stereocenters. The van der Waals surface area contributed by atoms with E-state index in [-0.39, 0.29) is 12.3 Å². The van der Waals surface area contributed by atoms with Gasteiger partial charge in [0.2, 0.25) is 5.91 Å². The number of nitrogens with zero attached hydrogens (tertiary/aromatic N) is 1. The number of hydrogen-bond acceptors (Lipinski definition) is 2. The number of likely N-dealkylation sites (tertiary alicyclic amines) is 1. The van der Waals surface area contributed by atoms with E-state index in [1.54, 1.807) is 13.0 Å². The average molecular weight is 296 g/mol. The highest BCUT2D eigenvalue weighted by Gasteiger charge is 2.45. The van der Waals surface area contributed by atoms with Crippen LogP contribution in [0.25, 0.3) is 0 Å². The smallest absolute Gasteiger partial charge is 0.329 e. The van der Waals surface area contributed by atoms with Crippen molar-refractivity contribution >= 4 is 23.5 Å². The van der Waals surface area contributed by atoms with Crippen LogP contribution in [0.15, 0.2) is 24.3 Å². The Bertz CT molecular complexity index is 532. The van der Waals surface area contributed by atoms with Gasteiger partial charge in [-0.1, -0.05) is 29.8 Å². The maximum atomic E-state index is 12.3. The molecular weight excluding hydrogens is 278 g/mol. The number of carbonyl (C=O) groups excluding carboxylic acids is 1. The van der Waals surface area contributed by atoms with Gasteiger partial charge in [-0.15, -0.1) is 0 Å². The molecular formula is C15H18ClNO3. The van der Waals surface area contributed by atoms with Gasteiger partial charge in [0.25, 0.3) is 0 Å². The van der Waals surface area contributed by atoms with Crippen molar-refractivity contribution in [2.75, 3.05) is 6.54 Å². The molecule has 0 radical (unpaired) electrons. The van der Waals surface area contributed by atoms with Crippen LogP contribution in [0.1, 0.15) is 31.7 Å².